The first-order valence-corrected chi connectivity index (χ1v) is 8.51. The summed E-state index contributed by atoms with van der Waals surface area (Å²) in [4.78, 5) is 14.9. The summed E-state index contributed by atoms with van der Waals surface area (Å²) in [5.74, 6) is -0.260. The Morgan fingerprint density at radius 1 is 1.27 bits per heavy atom. The van der Waals surface area contributed by atoms with E-state index in [1.165, 1.54) is 18.3 Å². The van der Waals surface area contributed by atoms with Crippen LogP contribution in [-0.4, -0.2) is 33.7 Å². The van der Waals surface area contributed by atoms with E-state index >= 15 is 0 Å². The Balaban J connectivity index is 3.31. The summed E-state index contributed by atoms with van der Waals surface area (Å²) >= 11 is 2.23. The Labute approximate surface area is 135 Å². The van der Waals surface area contributed by atoms with Crippen molar-refractivity contribution in [2.75, 3.05) is 11.5 Å². The second kappa shape index (κ2) is 8.47. The quantitative estimate of drug-likeness (QED) is 0.778. The van der Waals surface area contributed by atoms with E-state index in [-0.39, 0.29) is 15.5 Å². The van der Waals surface area contributed by atoms with Crippen molar-refractivity contribution in [1.82, 2.24) is 4.98 Å². The van der Waals surface area contributed by atoms with Crippen LogP contribution in [0.25, 0.3) is 0 Å². The lowest BCUT2D eigenvalue weighted by molar-refractivity contribution is -0.0932. The number of allylic oxidation sites excluding steroid dienone is 1. The summed E-state index contributed by atoms with van der Waals surface area (Å²) in [6, 6.07) is 2.66. The van der Waals surface area contributed by atoms with Crippen LogP contribution < -0.4 is 0 Å². The highest BCUT2D eigenvalue weighted by molar-refractivity contribution is 8.22. The van der Waals surface area contributed by atoms with Crippen LogP contribution in [0.2, 0.25) is 0 Å². The number of hydrogen-bond acceptors (Lipinski definition) is 4. The first kappa shape index (κ1) is 18.9. The largest absolute Gasteiger partial charge is 0.478 e. The molecule has 0 aliphatic carbocycles. The van der Waals surface area contributed by atoms with Gasteiger partial charge in [-0.05, 0) is 23.6 Å². The van der Waals surface area contributed by atoms with Crippen LogP contribution in [0.1, 0.15) is 29.9 Å². The van der Waals surface area contributed by atoms with Gasteiger partial charge in [-0.25, -0.2) is 4.79 Å². The maximum Gasteiger partial charge on any atom is 0.414 e. The Hall–Kier alpha value is -1.15. The van der Waals surface area contributed by atoms with Crippen molar-refractivity contribution in [3.8, 4) is 0 Å². The summed E-state index contributed by atoms with van der Waals surface area (Å²) < 4.78 is 40.3. The molecule has 0 aromatic carbocycles. The number of thioether (sulfide) groups is 2. The predicted octanol–water partition coefficient (Wildman–Crippen LogP) is 4.60. The molecule has 22 heavy (non-hydrogen) atoms. The first-order valence-electron chi connectivity index (χ1n) is 6.54. The van der Waals surface area contributed by atoms with Gasteiger partial charge in [-0.3, -0.25) is 4.98 Å². The number of carboxylic acid groups (broad SMARTS) is 1. The van der Waals surface area contributed by atoms with Crippen LogP contribution >= 0.6 is 23.5 Å². The fourth-order valence-corrected chi connectivity index (χ4v) is 4.00. The van der Waals surface area contributed by atoms with Crippen LogP contribution in [0.15, 0.2) is 28.1 Å². The van der Waals surface area contributed by atoms with E-state index in [0.29, 0.717) is 11.5 Å². The third-order valence-corrected chi connectivity index (χ3v) is 4.91. The number of carboxylic acids is 1. The SMILES string of the molecule is CCSC(SCC)=C(Cc1ncccc1C(=O)O)C(F)(F)F. The van der Waals surface area contributed by atoms with Crippen molar-refractivity contribution in [3.63, 3.8) is 0 Å². The van der Waals surface area contributed by atoms with E-state index in [9.17, 15) is 18.0 Å². The second-order valence-electron chi connectivity index (χ2n) is 4.11. The van der Waals surface area contributed by atoms with Crippen molar-refractivity contribution < 1.29 is 23.1 Å². The highest BCUT2D eigenvalue weighted by Gasteiger charge is 2.37. The minimum absolute atomic E-state index is 0.0757. The van der Waals surface area contributed by atoms with Crippen LogP contribution in [-0.2, 0) is 6.42 Å². The van der Waals surface area contributed by atoms with Crippen molar-refractivity contribution in [3.05, 3.63) is 39.4 Å². The van der Waals surface area contributed by atoms with Crippen LogP contribution in [0.4, 0.5) is 13.2 Å². The van der Waals surface area contributed by atoms with Gasteiger partial charge in [0.05, 0.1) is 16.8 Å². The van der Waals surface area contributed by atoms with Gasteiger partial charge in [-0.1, -0.05) is 13.8 Å². The third-order valence-electron chi connectivity index (χ3n) is 2.60. The van der Waals surface area contributed by atoms with Gasteiger partial charge in [0, 0.05) is 16.9 Å². The fourth-order valence-electron chi connectivity index (χ4n) is 1.71. The number of hydrogen-bond donors (Lipinski definition) is 1. The standard InChI is InChI=1S/C14H16F3NO2S2/c1-3-21-13(22-4-2)10(14(15,16)17)8-11-9(12(19)20)6-5-7-18-11/h5-7H,3-4,8H2,1-2H3,(H,19,20). The molecule has 0 aliphatic rings. The Bertz CT molecular complexity index is 551. The lowest BCUT2D eigenvalue weighted by Gasteiger charge is -2.17. The van der Waals surface area contributed by atoms with Crippen LogP contribution in [0.3, 0.4) is 0 Å². The normalized spacial score (nSPS) is 11.3. The molecular weight excluding hydrogens is 335 g/mol. The van der Waals surface area contributed by atoms with E-state index in [0.717, 1.165) is 23.5 Å². The Morgan fingerprint density at radius 3 is 2.32 bits per heavy atom. The molecule has 1 aromatic heterocycles. The molecule has 3 nitrogen and oxygen atoms in total. The number of aromatic nitrogens is 1. The summed E-state index contributed by atoms with van der Waals surface area (Å²) in [6.45, 7) is 3.55. The number of rotatable bonds is 7. The zero-order valence-electron chi connectivity index (χ0n) is 12.1. The molecule has 0 atom stereocenters. The number of aromatic carboxylic acids is 1. The highest BCUT2D eigenvalue weighted by atomic mass is 32.2. The molecule has 122 valence electrons. The lowest BCUT2D eigenvalue weighted by Crippen LogP contribution is -2.18. The maximum absolute atomic E-state index is 13.4. The summed E-state index contributed by atoms with van der Waals surface area (Å²) in [7, 11) is 0. The van der Waals surface area contributed by atoms with Gasteiger partial charge in [-0.2, -0.15) is 13.2 Å². The van der Waals surface area contributed by atoms with Gasteiger partial charge in [0.25, 0.3) is 0 Å². The lowest BCUT2D eigenvalue weighted by atomic mass is 10.1. The average Bonchev–Trinajstić information content (AvgIpc) is 2.43. The summed E-state index contributed by atoms with van der Waals surface area (Å²) in [5.41, 5.74) is -1.01. The van der Waals surface area contributed by atoms with Crippen molar-refractivity contribution in [2.45, 2.75) is 26.4 Å². The number of halogens is 3. The minimum Gasteiger partial charge on any atom is -0.478 e. The molecule has 1 N–H and O–H groups in total. The first-order chi connectivity index (χ1) is 10.3. The van der Waals surface area contributed by atoms with Crippen LogP contribution in [0, 0.1) is 0 Å². The number of nitrogens with zero attached hydrogens (tertiary/aromatic N) is 1. The molecule has 8 heteroatoms. The van der Waals surface area contributed by atoms with Gasteiger partial charge >= 0.3 is 12.1 Å². The molecule has 0 aliphatic heterocycles. The van der Waals surface area contributed by atoms with E-state index in [1.54, 1.807) is 13.8 Å². The molecule has 1 rings (SSSR count). The topological polar surface area (TPSA) is 50.2 Å². The second-order valence-corrected chi connectivity index (χ2v) is 6.92. The molecule has 0 unspecified atom stereocenters. The summed E-state index contributed by atoms with van der Waals surface area (Å²) in [5, 5.41) is 9.08. The third kappa shape index (κ3) is 5.24. The highest BCUT2D eigenvalue weighted by Crippen LogP contribution is 2.40. The molecule has 0 bridgehead atoms. The Kier molecular flexibility index (Phi) is 7.28. The molecule has 0 saturated carbocycles. The maximum atomic E-state index is 13.4. The van der Waals surface area contributed by atoms with Crippen LogP contribution in [0.5, 0.6) is 0 Å². The zero-order chi connectivity index (χ0) is 16.8. The van der Waals surface area contributed by atoms with E-state index < -0.39 is 24.1 Å². The Morgan fingerprint density at radius 2 is 1.86 bits per heavy atom. The number of carbonyl (C=O) groups is 1. The van der Waals surface area contributed by atoms with E-state index in [2.05, 4.69) is 4.98 Å². The van der Waals surface area contributed by atoms with Crippen molar-refractivity contribution >= 4 is 29.5 Å². The van der Waals surface area contributed by atoms with Gasteiger partial charge < -0.3 is 5.11 Å². The summed E-state index contributed by atoms with van der Waals surface area (Å²) in [6.07, 6.45) is -3.76. The smallest absolute Gasteiger partial charge is 0.414 e. The fraction of sp³-hybridized carbons (Fsp3) is 0.429. The van der Waals surface area contributed by atoms with E-state index in [4.69, 9.17) is 5.11 Å². The molecule has 0 amide bonds. The van der Waals surface area contributed by atoms with Crippen molar-refractivity contribution in [2.24, 2.45) is 0 Å². The van der Waals surface area contributed by atoms with Gasteiger partial charge in [0.15, 0.2) is 0 Å². The predicted molar refractivity (Wildman–Crippen MR) is 84.2 cm³/mol. The molecule has 0 spiro atoms. The monoisotopic (exact) mass is 351 g/mol. The molecule has 0 fully saturated rings. The van der Waals surface area contributed by atoms with E-state index in [1.807, 2.05) is 0 Å². The van der Waals surface area contributed by atoms with Crippen molar-refractivity contribution in [1.29, 1.82) is 0 Å². The molecule has 1 heterocycles. The molecule has 0 saturated heterocycles. The number of alkyl halides is 3. The molecule has 0 radical (unpaired) electrons. The molecular formula is C14H16F3NO2S2. The minimum atomic E-state index is -4.52. The van der Waals surface area contributed by atoms with Gasteiger partial charge in [-0.15, -0.1) is 23.5 Å². The van der Waals surface area contributed by atoms with Gasteiger partial charge in [0.2, 0.25) is 0 Å². The average molecular weight is 351 g/mol. The number of pyridine rings is 1. The van der Waals surface area contributed by atoms with Gasteiger partial charge in [0.1, 0.15) is 0 Å². The molecule has 1 aromatic rings. The zero-order valence-corrected chi connectivity index (χ0v) is 13.7.